The predicted octanol–water partition coefficient (Wildman–Crippen LogP) is -3.23. The van der Waals surface area contributed by atoms with Gasteiger partial charge in [0.05, 0.1) is 18.8 Å². The second-order valence-electron chi connectivity index (χ2n) is 17.7. The minimum atomic E-state index is -1.62. The van der Waals surface area contributed by atoms with E-state index < -0.39 is 103 Å². The first-order valence-electron chi connectivity index (χ1n) is 26.0. The van der Waals surface area contributed by atoms with Crippen LogP contribution in [0.2, 0.25) is 0 Å². The van der Waals surface area contributed by atoms with Gasteiger partial charge in [0.1, 0.15) is 51.5 Å². The molecule has 28 nitrogen and oxygen atoms in total. The Hall–Kier alpha value is -8.76. The smallest absolute Gasteiger partial charge is 0.305 e. The number of hydrogen-bond acceptors (Lipinski definition) is 15. The molecule has 0 saturated carbocycles. The third-order valence-electron chi connectivity index (χ3n) is 11.7. The van der Waals surface area contributed by atoms with Crippen molar-refractivity contribution in [1.29, 1.82) is 0 Å². The Bertz CT molecular complexity index is 2720. The number of carboxylic acids is 1. The fourth-order valence-corrected chi connectivity index (χ4v) is 7.80. The number of para-hydroxylation sites is 1. The number of aldehydes is 2. The third kappa shape index (κ3) is 23.4. The van der Waals surface area contributed by atoms with Crippen molar-refractivity contribution in [3.05, 3.63) is 90.1 Å². The number of rotatable bonds is 35. The van der Waals surface area contributed by atoms with Crippen molar-refractivity contribution in [2.45, 2.75) is 120 Å². The Morgan fingerprint density at radius 3 is 1.76 bits per heavy atom. The monoisotopic (exact) mass is 1090 g/mol. The first-order valence-corrected chi connectivity index (χ1v) is 25.0. The fourth-order valence-electron chi connectivity index (χ4n) is 7.80. The van der Waals surface area contributed by atoms with Crippen LogP contribution >= 0.6 is 0 Å². The number of nitrogens with two attached hydrogens (primary N) is 6. The molecule has 0 aliphatic heterocycles. The van der Waals surface area contributed by atoms with Gasteiger partial charge in [0.2, 0.25) is 35.4 Å². The number of aromatic amines is 2. The highest BCUT2D eigenvalue weighted by atomic mass is 16.4. The van der Waals surface area contributed by atoms with E-state index in [4.69, 9.17) is 41.9 Å². The summed E-state index contributed by atoms with van der Waals surface area (Å²) in [6, 6.07) is 6.34. The van der Waals surface area contributed by atoms with Gasteiger partial charge in [-0.2, -0.15) is 0 Å². The lowest BCUT2D eigenvalue weighted by atomic mass is 10.0. The maximum absolute atomic E-state index is 14.6. The van der Waals surface area contributed by atoms with Crippen molar-refractivity contribution < 1.29 is 51.0 Å². The van der Waals surface area contributed by atoms with Gasteiger partial charge in [0, 0.05) is 61.3 Å². The number of hydrazine groups is 1. The number of fused-ring (bicyclic) bond motifs is 1. The highest BCUT2D eigenvalue weighted by Crippen LogP contribution is 2.20. The number of nitrogens with one attached hydrogen (secondary N) is 9. The van der Waals surface area contributed by atoms with Crippen LogP contribution in [0.3, 0.4) is 0 Å². The van der Waals surface area contributed by atoms with Crippen LogP contribution < -0.4 is 71.8 Å². The summed E-state index contributed by atoms with van der Waals surface area (Å²) in [4.78, 5) is 135. The Morgan fingerprint density at radius 2 is 1.18 bits per heavy atom. The van der Waals surface area contributed by atoms with E-state index in [1.807, 2.05) is 24.3 Å². The van der Waals surface area contributed by atoms with E-state index in [2.05, 4.69) is 62.4 Å². The summed E-state index contributed by atoms with van der Waals surface area (Å²) >= 11 is 0. The van der Waals surface area contributed by atoms with Crippen LogP contribution in [0.25, 0.3) is 10.9 Å². The van der Waals surface area contributed by atoms with Crippen LogP contribution in [0.5, 0.6) is 0 Å². The average molecular weight is 1090 g/mol. The molecule has 0 aliphatic rings. The summed E-state index contributed by atoms with van der Waals surface area (Å²) in [5.74, 6) is -6.89. The molecule has 6 amide bonds. The SMILES string of the molecule is [2H]C(=O)[C@H](Cc1cnc[nH]1)NC(=O)C(CC(=O)O)NNC(CCCN=C(N)N)C(=O)N[C@@H](Cc1ccccc1)C(=O)NC(CCCN=C(N)N)C(=O)N[C@@H](Cc1c[nH]c2ccccc12)C(=O)NC(CCCCN)C(N)=O.[2H]C(C)=O. The van der Waals surface area contributed by atoms with Gasteiger partial charge in [-0.15, -0.1) is 0 Å². The van der Waals surface area contributed by atoms with Crippen LogP contribution in [0.15, 0.2) is 83.3 Å². The minimum Gasteiger partial charge on any atom is -0.481 e. The van der Waals surface area contributed by atoms with Crippen LogP contribution in [-0.2, 0) is 62.4 Å². The van der Waals surface area contributed by atoms with Crippen molar-refractivity contribution in [1.82, 2.24) is 52.4 Å². The average Bonchev–Trinajstić information content (AvgIpc) is 4.08. The largest absolute Gasteiger partial charge is 0.481 e. The number of aliphatic imine (C=N–C) groups is 2. The number of nitrogens with zero attached hydrogens (tertiary/aromatic N) is 3. The van der Waals surface area contributed by atoms with E-state index >= 15 is 0 Å². The predicted molar refractivity (Wildman–Crippen MR) is 290 cm³/mol. The molecule has 7 atom stereocenters. The highest BCUT2D eigenvalue weighted by molar-refractivity contribution is 5.96. The number of primary amides is 1. The molecule has 0 radical (unpaired) electrons. The molecule has 4 rings (SSSR count). The molecule has 0 aliphatic carbocycles. The molecule has 28 heteroatoms. The lowest BCUT2D eigenvalue weighted by Crippen LogP contribution is -2.61. The van der Waals surface area contributed by atoms with E-state index in [0.29, 0.717) is 36.2 Å². The van der Waals surface area contributed by atoms with Gasteiger partial charge >= 0.3 is 5.97 Å². The molecule has 424 valence electrons. The van der Waals surface area contributed by atoms with Crippen molar-refractivity contribution in [3.63, 3.8) is 0 Å². The van der Waals surface area contributed by atoms with E-state index in [1.165, 1.54) is 19.4 Å². The van der Waals surface area contributed by atoms with Gasteiger partial charge in [-0.1, -0.05) is 48.5 Å². The minimum absolute atomic E-state index is 0.0368. The molecule has 0 bridgehead atoms. The van der Waals surface area contributed by atoms with E-state index in [1.54, 1.807) is 36.5 Å². The molecule has 4 unspecified atom stereocenters. The Kier molecular flexibility index (Phi) is 26.8. The van der Waals surface area contributed by atoms with Gasteiger partial charge in [-0.05, 0) is 75.6 Å². The van der Waals surface area contributed by atoms with Crippen LogP contribution in [-0.4, -0.2) is 148 Å². The number of amides is 6. The topological polar surface area (TPSA) is 483 Å². The molecule has 2 aromatic carbocycles. The number of aromatic nitrogens is 3. The molecule has 2 aromatic heterocycles. The summed E-state index contributed by atoms with van der Waals surface area (Å²) in [7, 11) is 0. The lowest BCUT2D eigenvalue weighted by Gasteiger charge is -2.28. The van der Waals surface area contributed by atoms with E-state index in [0.717, 1.165) is 10.9 Å². The van der Waals surface area contributed by atoms with E-state index in [9.17, 15) is 43.5 Å². The van der Waals surface area contributed by atoms with Crippen LogP contribution in [0.1, 0.15) is 77.9 Å². The number of hydrogen-bond donors (Lipinski definition) is 16. The Balaban J connectivity index is 0.00000406. The summed E-state index contributed by atoms with van der Waals surface area (Å²) in [6.07, 6.45) is 2.85. The molecule has 78 heavy (non-hydrogen) atoms. The number of imidazole rings is 1. The van der Waals surface area contributed by atoms with Crippen LogP contribution in [0.4, 0.5) is 0 Å². The van der Waals surface area contributed by atoms with Crippen molar-refractivity contribution >= 4 is 76.8 Å². The quantitative estimate of drug-likeness (QED) is 0.00708. The first kappa shape index (κ1) is 60.1. The second-order valence-corrected chi connectivity index (χ2v) is 17.7. The molecule has 0 spiro atoms. The molecule has 2 heterocycles. The summed E-state index contributed by atoms with van der Waals surface area (Å²) in [5.41, 5.74) is 41.2. The number of carbonyl (C=O) groups is 9. The van der Waals surface area contributed by atoms with Gasteiger partial charge in [-0.3, -0.25) is 43.5 Å². The van der Waals surface area contributed by atoms with Gasteiger partial charge in [0.15, 0.2) is 11.9 Å². The zero-order chi connectivity index (χ0) is 59.1. The third-order valence-corrected chi connectivity index (χ3v) is 11.7. The maximum Gasteiger partial charge on any atom is 0.305 e. The number of aliphatic carboxylic acids is 1. The fraction of sp³-hybridized carbons (Fsp3) is 0.440. The number of H-pyrrole nitrogens is 2. The zero-order valence-electron chi connectivity index (χ0n) is 45.3. The van der Waals surface area contributed by atoms with Crippen molar-refractivity contribution in [2.24, 2.45) is 44.4 Å². The maximum atomic E-state index is 14.6. The molecular weight excluding hydrogens is 1010 g/mol. The summed E-state index contributed by atoms with van der Waals surface area (Å²) in [5, 5.41) is 23.8. The van der Waals surface area contributed by atoms with Crippen molar-refractivity contribution in [3.8, 4) is 0 Å². The molecule has 22 N–H and O–H groups in total. The molecule has 0 saturated heterocycles. The number of guanidine groups is 2. The van der Waals surface area contributed by atoms with Crippen LogP contribution in [0, 0.1) is 0 Å². The van der Waals surface area contributed by atoms with Gasteiger partial charge in [-0.25, -0.2) is 15.8 Å². The second kappa shape index (κ2) is 34.7. The molecular formula is C50H74N18O10. The summed E-state index contributed by atoms with van der Waals surface area (Å²) in [6.45, 7) is 1.62. The summed E-state index contributed by atoms with van der Waals surface area (Å²) < 4.78 is 13.7. The first-order chi connectivity index (χ1) is 38.1. The lowest BCUT2D eigenvalue weighted by molar-refractivity contribution is -0.140. The van der Waals surface area contributed by atoms with E-state index in [-0.39, 0.29) is 76.4 Å². The molecule has 0 fully saturated rings. The Labute approximate surface area is 453 Å². The Morgan fingerprint density at radius 1 is 0.654 bits per heavy atom. The van der Waals surface area contributed by atoms with Crippen molar-refractivity contribution in [2.75, 3.05) is 19.6 Å². The number of benzene rings is 2. The number of carboxylic acid groups (broad SMARTS) is 1. The molecule has 4 aromatic rings. The van der Waals surface area contributed by atoms with Gasteiger partial charge in [0.25, 0.3) is 0 Å². The standard InChI is InChI=1S/C48H70N18O9.C2H4O/c49-17-7-6-14-34(41(50)70)61-45(74)38(21-29-24-58-33-13-5-4-12-32(29)33)64-42(71)35(15-8-18-56-47(51)52)62-44(73)37(20-28-10-2-1-3-11-28)63-43(72)36(16-9-19-57-48(53)54)65-66-39(23-40(68)69)46(75)60-31(26-67)22-30-25-55-27-59-30;1-2-3/h1-5,10-13,24-27,31,34-39,58,65-66H,6-9,14-23,49H2,(H2,50,70)(H,55,59)(H,60,75)(H,61,74)(H,62,73)(H,63,72)(H,64,71)(H,68,69)(H4,51,52,56)(H4,53,54,57);2H,1H3/t31-,34?,35?,36?,37-,38-,39?;/m0./s1/i26D;2D. The highest BCUT2D eigenvalue weighted by Gasteiger charge is 2.34. The number of unbranched alkanes of at least 4 members (excludes halogenated alkanes) is 1. The van der Waals surface area contributed by atoms with Gasteiger partial charge < -0.3 is 85.6 Å². The zero-order valence-corrected chi connectivity index (χ0v) is 43.3. The number of carbonyl (C=O) groups excluding carboxylic acids is 8. The normalized spacial score (nSPS) is 13.8.